The molecule has 4 heteroatoms. The van der Waals surface area contributed by atoms with Crippen LogP contribution in [0, 0.1) is 0 Å². The summed E-state index contributed by atoms with van der Waals surface area (Å²) < 4.78 is 5.35. The quantitative estimate of drug-likeness (QED) is 0.712. The van der Waals surface area contributed by atoms with Gasteiger partial charge in [-0.1, -0.05) is 12.1 Å². The molecule has 0 aliphatic rings. The third-order valence-electron chi connectivity index (χ3n) is 2.05. The van der Waals surface area contributed by atoms with Crippen LogP contribution >= 0.6 is 0 Å². The lowest BCUT2D eigenvalue weighted by Crippen LogP contribution is -2.25. The van der Waals surface area contributed by atoms with Gasteiger partial charge in [0.05, 0.1) is 12.2 Å². The average molecular weight is 223 g/mol. The molecule has 0 unspecified atom stereocenters. The van der Waals surface area contributed by atoms with Gasteiger partial charge in [-0.2, -0.15) is 0 Å². The van der Waals surface area contributed by atoms with Gasteiger partial charge in [-0.05, 0) is 25.5 Å². The Balaban J connectivity index is 2.66. The molecule has 0 saturated carbocycles. The molecule has 0 heterocycles. The van der Waals surface area contributed by atoms with Crippen molar-refractivity contribution >= 4 is 5.91 Å². The van der Waals surface area contributed by atoms with Crippen molar-refractivity contribution in [2.45, 2.75) is 13.3 Å². The van der Waals surface area contributed by atoms with Crippen LogP contribution in [0.2, 0.25) is 0 Å². The maximum atomic E-state index is 11.7. The summed E-state index contributed by atoms with van der Waals surface area (Å²) in [4.78, 5) is 11.7. The van der Waals surface area contributed by atoms with Crippen molar-refractivity contribution in [3.8, 4) is 5.75 Å². The van der Waals surface area contributed by atoms with Gasteiger partial charge in [-0.25, -0.2) is 0 Å². The van der Waals surface area contributed by atoms with Gasteiger partial charge in [0.25, 0.3) is 5.91 Å². The average Bonchev–Trinajstić information content (AvgIpc) is 2.30. The Hall–Kier alpha value is -1.55. The second kappa shape index (κ2) is 6.85. The summed E-state index contributed by atoms with van der Waals surface area (Å²) in [5, 5.41) is 11.3. The van der Waals surface area contributed by atoms with E-state index in [2.05, 4.69) is 5.32 Å². The Morgan fingerprint density at radius 1 is 1.44 bits per heavy atom. The molecule has 0 fully saturated rings. The topological polar surface area (TPSA) is 58.6 Å². The Bertz CT molecular complexity index is 339. The first-order chi connectivity index (χ1) is 7.79. The fourth-order valence-electron chi connectivity index (χ4n) is 1.31. The summed E-state index contributed by atoms with van der Waals surface area (Å²) in [7, 11) is 0. The van der Waals surface area contributed by atoms with E-state index in [-0.39, 0.29) is 12.5 Å². The van der Waals surface area contributed by atoms with Crippen LogP contribution in [-0.4, -0.2) is 30.8 Å². The molecule has 1 aromatic rings. The van der Waals surface area contributed by atoms with Crippen LogP contribution in [0.4, 0.5) is 0 Å². The molecule has 16 heavy (non-hydrogen) atoms. The zero-order chi connectivity index (χ0) is 11.8. The lowest BCUT2D eigenvalue weighted by atomic mass is 10.2. The lowest BCUT2D eigenvalue weighted by Gasteiger charge is -2.09. The van der Waals surface area contributed by atoms with Crippen LogP contribution in [-0.2, 0) is 0 Å². The van der Waals surface area contributed by atoms with Gasteiger partial charge in [0.15, 0.2) is 0 Å². The van der Waals surface area contributed by atoms with E-state index in [1.165, 1.54) is 0 Å². The fourth-order valence-corrected chi connectivity index (χ4v) is 1.31. The first-order valence-electron chi connectivity index (χ1n) is 5.40. The summed E-state index contributed by atoms with van der Waals surface area (Å²) in [5.74, 6) is 0.420. The van der Waals surface area contributed by atoms with Crippen LogP contribution in [0.15, 0.2) is 24.3 Å². The zero-order valence-electron chi connectivity index (χ0n) is 9.40. The number of amides is 1. The minimum Gasteiger partial charge on any atom is -0.493 e. The third-order valence-corrected chi connectivity index (χ3v) is 2.05. The van der Waals surface area contributed by atoms with Crippen molar-refractivity contribution in [3.05, 3.63) is 29.8 Å². The first kappa shape index (κ1) is 12.5. The molecule has 0 aromatic heterocycles. The van der Waals surface area contributed by atoms with Crippen molar-refractivity contribution in [1.82, 2.24) is 5.32 Å². The fraction of sp³-hybridized carbons (Fsp3) is 0.417. The maximum absolute atomic E-state index is 11.7. The first-order valence-corrected chi connectivity index (χ1v) is 5.40. The minimum atomic E-state index is -0.169. The van der Waals surface area contributed by atoms with Crippen LogP contribution < -0.4 is 10.1 Å². The number of para-hydroxylation sites is 1. The third kappa shape index (κ3) is 3.55. The van der Waals surface area contributed by atoms with E-state index in [1.807, 2.05) is 13.0 Å². The Morgan fingerprint density at radius 2 is 2.19 bits per heavy atom. The molecular formula is C12H17NO3. The highest BCUT2D eigenvalue weighted by molar-refractivity contribution is 5.96. The number of carbonyl (C=O) groups excluding carboxylic acids is 1. The van der Waals surface area contributed by atoms with Crippen LogP contribution in [0.1, 0.15) is 23.7 Å². The van der Waals surface area contributed by atoms with Gasteiger partial charge in [0.1, 0.15) is 5.75 Å². The number of benzene rings is 1. The number of rotatable bonds is 6. The molecule has 0 saturated heterocycles. The summed E-state index contributed by atoms with van der Waals surface area (Å²) in [5.41, 5.74) is 0.530. The van der Waals surface area contributed by atoms with E-state index < -0.39 is 0 Å². The number of ether oxygens (including phenoxy) is 1. The van der Waals surface area contributed by atoms with Gasteiger partial charge in [0.2, 0.25) is 0 Å². The molecule has 0 aliphatic heterocycles. The van der Waals surface area contributed by atoms with Gasteiger partial charge in [-0.15, -0.1) is 0 Å². The Labute approximate surface area is 95.2 Å². The second-order valence-corrected chi connectivity index (χ2v) is 3.26. The predicted octanol–water partition coefficient (Wildman–Crippen LogP) is 1.20. The van der Waals surface area contributed by atoms with Crippen molar-refractivity contribution in [2.75, 3.05) is 19.8 Å². The number of aliphatic hydroxyl groups is 1. The molecule has 1 aromatic carbocycles. The highest BCUT2D eigenvalue weighted by Gasteiger charge is 2.10. The molecular weight excluding hydrogens is 206 g/mol. The molecule has 1 amide bonds. The SMILES string of the molecule is CCOc1ccccc1C(=O)NCCCO. The molecule has 0 bridgehead atoms. The standard InChI is InChI=1S/C12H17NO3/c1-2-16-11-7-4-3-6-10(11)12(15)13-8-5-9-14/h3-4,6-7,14H,2,5,8-9H2,1H3,(H,13,15). The van der Waals surface area contributed by atoms with E-state index >= 15 is 0 Å². The van der Waals surface area contributed by atoms with Gasteiger partial charge in [0, 0.05) is 13.2 Å². The van der Waals surface area contributed by atoms with Crippen LogP contribution in [0.25, 0.3) is 0 Å². The minimum absolute atomic E-state index is 0.0768. The molecule has 0 spiro atoms. The summed E-state index contributed by atoms with van der Waals surface area (Å²) in [6.07, 6.45) is 0.558. The molecule has 0 atom stereocenters. The molecule has 88 valence electrons. The Morgan fingerprint density at radius 3 is 2.88 bits per heavy atom. The summed E-state index contributed by atoms with van der Waals surface area (Å²) >= 11 is 0. The van der Waals surface area contributed by atoms with Crippen molar-refractivity contribution < 1.29 is 14.6 Å². The van der Waals surface area contributed by atoms with E-state index in [9.17, 15) is 4.79 Å². The lowest BCUT2D eigenvalue weighted by molar-refractivity contribution is 0.0947. The number of hydrogen-bond donors (Lipinski definition) is 2. The van der Waals surface area contributed by atoms with E-state index in [4.69, 9.17) is 9.84 Å². The van der Waals surface area contributed by atoms with E-state index in [0.717, 1.165) is 0 Å². The maximum Gasteiger partial charge on any atom is 0.255 e. The predicted molar refractivity (Wildman–Crippen MR) is 61.6 cm³/mol. The molecule has 2 N–H and O–H groups in total. The van der Waals surface area contributed by atoms with Gasteiger partial charge >= 0.3 is 0 Å². The highest BCUT2D eigenvalue weighted by atomic mass is 16.5. The second-order valence-electron chi connectivity index (χ2n) is 3.26. The van der Waals surface area contributed by atoms with Crippen LogP contribution in [0.3, 0.4) is 0 Å². The largest absolute Gasteiger partial charge is 0.493 e. The Kier molecular flexibility index (Phi) is 5.36. The summed E-state index contributed by atoms with van der Waals surface area (Å²) in [6, 6.07) is 7.11. The normalized spacial score (nSPS) is 9.88. The van der Waals surface area contributed by atoms with Gasteiger partial charge in [-0.3, -0.25) is 4.79 Å². The van der Waals surface area contributed by atoms with Crippen LogP contribution in [0.5, 0.6) is 5.75 Å². The van der Waals surface area contributed by atoms with E-state index in [1.54, 1.807) is 18.2 Å². The van der Waals surface area contributed by atoms with Crippen molar-refractivity contribution in [3.63, 3.8) is 0 Å². The van der Waals surface area contributed by atoms with Gasteiger partial charge < -0.3 is 15.2 Å². The number of aliphatic hydroxyl groups excluding tert-OH is 1. The molecule has 0 radical (unpaired) electrons. The highest BCUT2D eigenvalue weighted by Crippen LogP contribution is 2.17. The molecule has 1 rings (SSSR count). The number of nitrogens with one attached hydrogen (secondary N) is 1. The van der Waals surface area contributed by atoms with Crippen molar-refractivity contribution in [2.24, 2.45) is 0 Å². The zero-order valence-corrected chi connectivity index (χ0v) is 9.40. The smallest absolute Gasteiger partial charge is 0.255 e. The number of carbonyl (C=O) groups is 1. The monoisotopic (exact) mass is 223 g/mol. The molecule has 0 aliphatic carbocycles. The molecule has 4 nitrogen and oxygen atoms in total. The number of hydrogen-bond acceptors (Lipinski definition) is 3. The van der Waals surface area contributed by atoms with Crippen molar-refractivity contribution in [1.29, 1.82) is 0 Å². The van der Waals surface area contributed by atoms with E-state index in [0.29, 0.717) is 30.9 Å². The summed E-state index contributed by atoms with van der Waals surface area (Å²) in [6.45, 7) is 2.95.